The monoisotopic (exact) mass is 250 g/mol. The second kappa shape index (κ2) is 7.85. The maximum absolute atomic E-state index is 5.86. The first kappa shape index (κ1) is 14.7. The molecule has 1 unspecified atom stereocenters. The number of nitrogens with two attached hydrogens (primary N) is 1. The first-order chi connectivity index (χ1) is 8.69. The molecule has 18 heavy (non-hydrogen) atoms. The lowest BCUT2D eigenvalue weighted by atomic mass is 10.0. The molecule has 0 heterocycles. The third kappa shape index (κ3) is 4.86. The van der Waals surface area contributed by atoms with Crippen LogP contribution in [0.5, 0.6) is 5.75 Å². The Labute approximate surface area is 111 Å². The van der Waals surface area contributed by atoms with Crippen LogP contribution in [0.15, 0.2) is 18.2 Å². The van der Waals surface area contributed by atoms with Gasteiger partial charge in [-0.3, -0.25) is 0 Å². The second-order valence-electron chi connectivity index (χ2n) is 4.77. The zero-order valence-electron chi connectivity index (χ0n) is 11.8. The Morgan fingerprint density at radius 3 is 2.56 bits per heavy atom. The number of rotatable bonds is 8. The number of ether oxygens (including phenoxy) is 1. The number of nitrogen functional groups attached to an aromatic ring is 1. The van der Waals surface area contributed by atoms with Gasteiger partial charge in [-0.05, 0) is 18.9 Å². The summed E-state index contributed by atoms with van der Waals surface area (Å²) in [7, 11) is 1.67. The van der Waals surface area contributed by atoms with Gasteiger partial charge in [-0.2, -0.15) is 0 Å². The Morgan fingerprint density at radius 1 is 1.17 bits per heavy atom. The minimum atomic E-state index is 0.529. The van der Waals surface area contributed by atoms with E-state index in [1.807, 2.05) is 18.2 Å². The molecule has 0 aliphatic rings. The predicted molar refractivity (Wildman–Crippen MR) is 79.3 cm³/mol. The average Bonchev–Trinajstić information content (AvgIpc) is 2.35. The van der Waals surface area contributed by atoms with Gasteiger partial charge in [0.2, 0.25) is 0 Å². The molecule has 1 aromatic carbocycles. The molecule has 3 nitrogen and oxygen atoms in total. The number of anilines is 2. The molecular formula is C15H26N2O. The molecule has 0 aliphatic carbocycles. The van der Waals surface area contributed by atoms with Crippen LogP contribution in [0.4, 0.5) is 11.4 Å². The normalized spacial score (nSPS) is 12.2. The maximum atomic E-state index is 5.86. The molecule has 1 rings (SSSR count). The van der Waals surface area contributed by atoms with E-state index in [-0.39, 0.29) is 0 Å². The van der Waals surface area contributed by atoms with Gasteiger partial charge in [0.15, 0.2) is 0 Å². The van der Waals surface area contributed by atoms with Crippen molar-refractivity contribution in [3.63, 3.8) is 0 Å². The van der Waals surface area contributed by atoms with E-state index in [2.05, 4.69) is 19.2 Å². The van der Waals surface area contributed by atoms with Crippen LogP contribution >= 0.6 is 0 Å². The van der Waals surface area contributed by atoms with Gasteiger partial charge in [-0.1, -0.05) is 33.1 Å². The Morgan fingerprint density at radius 2 is 1.94 bits per heavy atom. The van der Waals surface area contributed by atoms with Gasteiger partial charge in [0.05, 0.1) is 7.11 Å². The van der Waals surface area contributed by atoms with Crippen molar-refractivity contribution in [1.82, 2.24) is 0 Å². The number of unbranched alkanes of at least 4 members (excludes halogenated alkanes) is 1. The minimum Gasteiger partial charge on any atom is -0.497 e. The summed E-state index contributed by atoms with van der Waals surface area (Å²) >= 11 is 0. The fraction of sp³-hybridized carbons (Fsp3) is 0.600. The zero-order chi connectivity index (χ0) is 13.4. The van der Waals surface area contributed by atoms with Crippen molar-refractivity contribution in [3.8, 4) is 5.75 Å². The fourth-order valence-corrected chi connectivity index (χ4v) is 2.15. The molecule has 0 saturated carbocycles. The molecule has 0 aromatic heterocycles. The molecule has 0 fully saturated rings. The van der Waals surface area contributed by atoms with Gasteiger partial charge in [-0.25, -0.2) is 0 Å². The van der Waals surface area contributed by atoms with Crippen molar-refractivity contribution >= 4 is 11.4 Å². The maximum Gasteiger partial charge on any atom is 0.122 e. The van der Waals surface area contributed by atoms with Crippen LogP contribution in [-0.4, -0.2) is 13.2 Å². The highest BCUT2D eigenvalue weighted by Gasteiger charge is 2.08. The van der Waals surface area contributed by atoms with Crippen LogP contribution in [-0.2, 0) is 0 Å². The standard InChI is InChI=1S/C15H26N2O/c1-4-6-8-13(7-5-2)17-14-9-12(16)10-15(11-14)18-3/h9-11,13,17H,4-8,16H2,1-3H3. The Kier molecular flexibility index (Phi) is 6.40. The Balaban J connectivity index is 2.69. The lowest BCUT2D eigenvalue weighted by Gasteiger charge is -2.20. The second-order valence-corrected chi connectivity index (χ2v) is 4.77. The number of benzene rings is 1. The van der Waals surface area contributed by atoms with Crippen molar-refractivity contribution in [2.24, 2.45) is 0 Å². The number of methoxy groups -OCH3 is 1. The highest BCUT2D eigenvalue weighted by atomic mass is 16.5. The van der Waals surface area contributed by atoms with Crippen LogP contribution in [0.25, 0.3) is 0 Å². The van der Waals surface area contributed by atoms with Gasteiger partial charge in [0.25, 0.3) is 0 Å². The quantitative estimate of drug-likeness (QED) is 0.684. The van der Waals surface area contributed by atoms with E-state index in [0.29, 0.717) is 6.04 Å². The van der Waals surface area contributed by atoms with Crippen molar-refractivity contribution in [1.29, 1.82) is 0 Å². The van der Waals surface area contributed by atoms with E-state index in [4.69, 9.17) is 10.5 Å². The van der Waals surface area contributed by atoms with Crippen molar-refractivity contribution < 1.29 is 4.74 Å². The highest BCUT2D eigenvalue weighted by Crippen LogP contribution is 2.24. The molecule has 3 heteroatoms. The summed E-state index contributed by atoms with van der Waals surface area (Å²) in [6.45, 7) is 4.45. The first-order valence-corrected chi connectivity index (χ1v) is 6.90. The van der Waals surface area contributed by atoms with E-state index < -0.39 is 0 Å². The van der Waals surface area contributed by atoms with Gasteiger partial charge < -0.3 is 15.8 Å². The third-order valence-corrected chi connectivity index (χ3v) is 3.08. The minimum absolute atomic E-state index is 0.529. The molecule has 102 valence electrons. The number of hydrogen-bond donors (Lipinski definition) is 2. The summed E-state index contributed by atoms with van der Waals surface area (Å²) in [6.07, 6.45) is 6.10. The largest absolute Gasteiger partial charge is 0.497 e. The summed E-state index contributed by atoms with van der Waals surface area (Å²) in [6, 6.07) is 6.34. The van der Waals surface area contributed by atoms with E-state index in [9.17, 15) is 0 Å². The van der Waals surface area contributed by atoms with E-state index >= 15 is 0 Å². The van der Waals surface area contributed by atoms with Crippen LogP contribution < -0.4 is 15.8 Å². The SMILES string of the molecule is CCCCC(CCC)Nc1cc(N)cc(OC)c1. The van der Waals surface area contributed by atoms with Gasteiger partial charge in [0, 0.05) is 29.5 Å². The molecule has 0 bridgehead atoms. The molecule has 1 aromatic rings. The van der Waals surface area contributed by atoms with Gasteiger partial charge >= 0.3 is 0 Å². The molecule has 0 aliphatic heterocycles. The smallest absolute Gasteiger partial charge is 0.122 e. The Hall–Kier alpha value is -1.38. The van der Waals surface area contributed by atoms with Crippen molar-refractivity contribution in [2.75, 3.05) is 18.2 Å². The fourth-order valence-electron chi connectivity index (χ4n) is 2.15. The van der Waals surface area contributed by atoms with Crippen molar-refractivity contribution in [3.05, 3.63) is 18.2 Å². The lowest BCUT2D eigenvalue weighted by Crippen LogP contribution is -2.19. The highest BCUT2D eigenvalue weighted by molar-refractivity contribution is 5.59. The number of hydrogen-bond acceptors (Lipinski definition) is 3. The van der Waals surface area contributed by atoms with Crippen LogP contribution in [0.2, 0.25) is 0 Å². The molecular weight excluding hydrogens is 224 g/mol. The molecule has 0 radical (unpaired) electrons. The van der Waals surface area contributed by atoms with Gasteiger partial charge in [0.1, 0.15) is 5.75 Å². The zero-order valence-corrected chi connectivity index (χ0v) is 11.8. The van der Waals surface area contributed by atoms with E-state index in [1.165, 1.54) is 32.1 Å². The molecule has 0 spiro atoms. The van der Waals surface area contributed by atoms with Crippen LogP contribution in [0, 0.1) is 0 Å². The molecule has 0 amide bonds. The summed E-state index contributed by atoms with van der Waals surface area (Å²) in [4.78, 5) is 0. The molecule has 0 saturated heterocycles. The topological polar surface area (TPSA) is 47.3 Å². The Bertz CT molecular complexity index is 352. The average molecular weight is 250 g/mol. The van der Waals surface area contributed by atoms with Gasteiger partial charge in [-0.15, -0.1) is 0 Å². The van der Waals surface area contributed by atoms with Crippen LogP contribution in [0.3, 0.4) is 0 Å². The first-order valence-electron chi connectivity index (χ1n) is 6.90. The summed E-state index contributed by atoms with van der Waals surface area (Å²) in [5.41, 5.74) is 7.66. The third-order valence-electron chi connectivity index (χ3n) is 3.08. The number of nitrogens with one attached hydrogen (secondary N) is 1. The molecule has 1 atom stereocenters. The lowest BCUT2D eigenvalue weighted by molar-refractivity contribution is 0.415. The van der Waals surface area contributed by atoms with Crippen molar-refractivity contribution in [2.45, 2.75) is 52.0 Å². The summed E-state index contributed by atoms with van der Waals surface area (Å²) in [5, 5.41) is 3.57. The van der Waals surface area contributed by atoms with E-state index in [0.717, 1.165) is 17.1 Å². The van der Waals surface area contributed by atoms with Crippen LogP contribution in [0.1, 0.15) is 46.0 Å². The summed E-state index contributed by atoms with van der Waals surface area (Å²) in [5.74, 6) is 0.809. The van der Waals surface area contributed by atoms with E-state index in [1.54, 1.807) is 7.11 Å². The molecule has 3 N–H and O–H groups in total. The predicted octanol–water partition coefficient (Wildman–Crippen LogP) is 4.05. The summed E-state index contributed by atoms with van der Waals surface area (Å²) < 4.78 is 5.24.